The maximum Gasteiger partial charge on any atom is 0.248 e. The zero-order valence-corrected chi connectivity index (χ0v) is 9.73. The van der Waals surface area contributed by atoms with Gasteiger partial charge in [-0.1, -0.05) is 12.8 Å². The molecule has 4 nitrogen and oxygen atoms in total. The van der Waals surface area contributed by atoms with E-state index >= 15 is 0 Å². The Hall–Kier alpha value is -0.610. The largest absolute Gasteiger partial charge is 0.396 e. The maximum absolute atomic E-state index is 11.8. The van der Waals surface area contributed by atoms with Crippen molar-refractivity contribution in [3.05, 3.63) is 0 Å². The molecule has 1 amide bonds. The minimum Gasteiger partial charge on any atom is -0.396 e. The van der Waals surface area contributed by atoms with Gasteiger partial charge in [0.1, 0.15) is 6.61 Å². The van der Waals surface area contributed by atoms with Crippen molar-refractivity contribution >= 4 is 5.91 Å². The predicted molar refractivity (Wildman–Crippen MR) is 60.0 cm³/mol. The van der Waals surface area contributed by atoms with E-state index in [2.05, 4.69) is 0 Å². The number of morpholine rings is 1. The van der Waals surface area contributed by atoms with Gasteiger partial charge in [-0.05, 0) is 25.7 Å². The Morgan fingerprint density at radius 1 is 1.38 bits per heavy atom. The van der Waals surface area contributed by atoms with Gasteiger partial charge >= 0.3 is 0 Å². The van der Waals surface area contributed by atoms with Gasteiger partial charge in [-0.15, -0.1) is 0 Å². The van der Waals surface area contributed by atoms with E-state index in [9.17, 15) is 4.79 Å². The lowest BCUT2D eigenvalue weighted by Gasteiger charge is -2.36. The fourth-order valence-electron chi connectivity index (χ4n) is 2.71. The molecule has 0 aromatic carbocycles. The maximum atomic E-state index is 11.8. The van der Waals surface area contributed by atoms with Gasteiger partial charge in [0.2, 0.25) is 5.91 Å². The van der Waals surface area contributed by atoms with Crippen LogP contribution in [0.2, 0.25) is 0 Å². The third-order valence-electron chi connectivity index (χ3n) is 3.61. The van der Waals surface area contributed by atoms with Crippen LogP contribution in [0.1, 0.15) is 38.5 Å². The standard InChI is InChI=1S/C12H21NO3/c14-7-3-6-11-8-13(12(15)9-16-11)10-4-1-2-5-10/h10-11,14H,1-9H2. The molecule has 1 unspecified atom stereocenters. The molecule has 0 aromatic rings. The van der Waals surface area contributed by atoms with Gasteiger partial charge in [0.25, 0.3) is 0 Å². The molecule has 2 rings (SSSR count). The zero-order valence-electron chi connectivity index (χ0n) is 9.73. The Bertz CT molecular complexity index is 238. The van der Waals surface area contributed by atoms with Crippen molar-refractivity contribution in [3.8, 4) is 0 Å². The second-order valence-corrected chi connectivity index (χ2v) is 4.78. The lowest BCUT2D eigenvalue weighted by molar-refractivity contribution is -0.152. The lowest BCUT2D eigenvalue weighted by atomic mass is 10.1. The van der Waals surface area contributed by atoms with Gasteiger partial charge in [-0.25, -0.2) is 0 Å². The van der Waals surface area contributed by atoms with Crippen LogP contribution in [0.5, 0.6) is 0 Å². The Balaban J connectivity index is 1.86. The first kappa shape index (κ1) is 11.9. The van der Waals surface area contributed by atoms with E-state index in [4.69, 9.17) is 9.84 Å². The molecule has 1 aliphatic carbocycles. The summed E-state index contributed by atoms with van der Waals surface area (Å²) in [6.07, 6.45) is 6.54. The first-order valence-electron chi connectivity index (χ1n) is 6.33. The van der Waals surface area contributed by atoms with E-state index in [-0.39, 0.29) is 25.2 Å². The van der Waals surface area contributed by atoms with Gasteiger partial charge in [0.15, 0.2) is 0 Å². The van der Waals surface area contributed by atoms with Gasteiger partial charge in [-0.3, -0.25) is 4.79 Å². The third-order valence-corrected chi connectivity index (χ3v) is 3.61. The van der Waals surface area contributed by atoms with Crippen LogP contribution in [-0.4, -0.2) is 47.8 Å². The molecule has 0 radical (unpaired) electrons. The molecule has 1 saturated carbocycles. The zero-order chi connectivity index (χ0) is 11.4. The summed E-state index contributed by atoms with van der Waals surface area (Å²) in [5, 5.41) is 8.79. The summed E-state index contributed by atoms with van der Waals surface area (Å²) in [5.74, 6) is 0.146. The van der Waals surface area contributed by atoms with Crippen LogP contribution >= 0.6 is 0 Å². The lowest BCUT2D eigenvalue weighted by Crippen LogP contribution is -2.50. The summed E-state index contributed by atoms with van der Waals surface area (Å²) < 4.78 is 5.48. The molecule has 2 fully saturated rings. The Labute approximate surface area is 96.6 Å². The number of rotatable bonds is 4. The predicted octanol–water partition coefficient (Wildman–Crippen LogP) is 0.929. The van der Waals surface area contributed by atoms with Crippen molar-refractivity contribution < 1.29 is 14.6 Å². The fourth-order valence-corrected chi connectivity index (χ4v) is 2.71. The van der Waals surface area contributed by atoms with Crippen molar-refractivity contribution in [2.24, 2.45) is 0 Å². The summed E-state index contributed by atoms with van der Waals surface area (Å²) in [6.45, 7) is 1.16. The van der Waals surface area contributed by atoms with Crippen LogP contribution < -0.4 is 0 Å². The van der Waals surface area contributed by atoms with E-state index in [0.29, 0.717) is 6.04 Å². The first-order chi connectivity index (χ1) is 7.81. The first-order valence-corrected chi connectivity index (χ1v) is 6.33. The topological polar surface area (TPSA) is 49.8 Å². The van der Waals surface area contributed by atoms with Crippen LogP contribution in [0, 0.1) is 0 Å². The van der Waals surface area contributed by atoms with Crippen LogP contribution in [0.15, 0.2) is 0 Å². The number of carbonyl (C=O) groups is 1. The van der Waals surface area contributed by atoms with Gasteiger partial charge in [0, 0.05) is 19.2 Å². The molecule has 1 heterocycles. The number of hydrogen-bond acceptors (Lipinski definition) is 3. The molecule has 1 atom stereocenters. The highest BCUT2D eigenvalue weighted by atomic mass is 16.5. The van der Waals surface area contributed by atoms with Crippen LogP contribution in [0.3, 0.4) is 0 Å². The minimum atomic E-state index is 0.130. The minimum absolute atomic E-state index is 0.130. The molecule has 1 N–H and O–H groups in total. The van der Waals surface area contributed by atoms with Crippen molar-refractivity contribution in [2.45, 2.75) is 50.7 Å². The number of aliphatic hydroxyl groups is 1. The summed E-state index contributed by atoms with van der Waals surface area (Å²) in [4.78, 5) is 13.8. The molecule has 4 heteroatoms. The molecule has 1 saturated heterocycles. The monoisotopic (exact) mass is 227 g/mol. The molecular formula is C12H21NO3. The highest BCUT2D eigenvalue weighted by Gasteiger charge is 2.32. The molecule has 92 valence electrons. The smallest absolute Gasteiger partial charge is 0.248 e. The Kier molecular flexibility index (Phi) is 4.18. The summed E-state index contributed by atoms with van der Waals surface area (Å²) in [6, 6.07) is 0.452. The van der Waals surface area contributed by atoms with Crippen molar-refractivity contribution in [1.82, 2.24) is 4.90 Å². The Morgan fingerprint density at radius 3 is 2.81 bits per heavy atom. The van der Waals surface area contributed by atoms with E-state index in [1.54, 1.807) is 0 Å². The van der Waals surface area contributed by atoms with Crippen molar-refractivity contribution in [3.63, 3.8) is 0 Å². The molecule has 1 aliphatic heterocycles. The average molecular weight is 227 g/mol. The van der Waals surface area contributed by atoms with E-state index < -0.39 is 0 Å². The molecule has 2 aliphatic rings. The second kappa shape index (κ2) is 5.64. The third kappa shape index (κ3) is 2.74. The highest BCUT2D eigenvalue weighted by Crippen LogP contribution is 2.26. The molecule has 0 aromatic heterocycles. The number of hydrogen-bond donors (Lipinski definition) is 1. The normalized spacial score (nSPS) is 27.7. The summed E-state index contributed by atoms with van der Waals surface area (Å²) in [7, 11) is 0. The van der Waals surface area contributed by atoms with Crippen LogP contribution in [0.4, 0.5) is 0 Å². The number of ether oxygens (including phenoxy) is 1. The molecule has 0 bridgehead atoms. The average Bonchev–Trinajstić information content (AvgIpc) is 2.81. The van der Waals surface area contributed by atoms with Crippen LogP contribution in [0.25, 0.3) is 0 Å². The molecule has 16 heavy (non-hydrogen) atoms. The van der Waals surface area contributed by atoms with E-state index in [1.165, 1.54) is 12.8 Å². The molecular weight excluding hydrogens is 206 g/mol. The second-order valence-electron chi connectivity index (χ2n) is 4.78. The van der Waals surface area contributed by atoms with E-state index in [1.807, 2.05) is 4.90 Å². The van der Waals surface area contributed by atoms with Crippen LogP contribution in [-0.2, 0) is 9.53 Å². The van der Waals surface area contributed by atoms with Crippen molar-refractivity contribution in [1.29, 1.82) is 0 Å². The van der Waals surface area contributed by atoms with Gasteiger partial charge in [-0.2, -0.15) is 0 Å². The summed E-state index contributed by atoms with van der Waals surface area (Å²) >= 11 is 0. The SMILES string of the molecule is O=C1COC(CCCO)CN1C1CCCC1. The summed E-state index contributed by atoms with van der Waals surface area (Å²) in [5.41, 5.74) is 0. The molecule has 0 spiro atoms. The van der Waals surface area contributed by atoms with Gasteiger partial charge < -0.3 is 14.7 Å². The highest BCUT2D eigenvalue weighted by molar-refractivity contribution is 5.78. The Morgan fingerprint density at radius 2 is 2.12 bits per heavy atom. The number of aliphatic hydroxyl groups excluding tert-OH is 1. The number of amides is 1. The van der Waals surface area contributed by atoms with Gasteiger partial charge in [0.05, 0.1) is 6.10 Å². The fraction of sp³-hybridized carbons (Fsp3) is 0.917. The van der Waals surface area contributed by atoms with Crippen molar-refractivity contribution in [2.75, 3.05) is 19.8 Å². The number of nitrogens with zero attached hydrogens (tertiary/aromatic N) is 1. The van der Waals surface area contributed by atoms with E-state index in [0.717, 1.165) is 32.2 Å². The quantitative estimate of drug-likeness (QED) is 0.777. The number of carbonyl (C=O) groups excluding carboxylic acids is 1.